The molecule has 0 fully saturated rings. The maximum atomic E-state index is 11.5. The van der Waals surface area contributed by atoms with Crippen molar-refractivity contribution in [1.29, 1.82) is 0 Å². The second-order valence-electron chi connectivity index (χ2n) is 6.63. The van der Waals surface area contributed by atoms with Gasteiger partial charge in [-0.15, -0.1) is 0 Å². The van der Waals surface area contributed by atoms with E-state index in [4.69, 9.17) is 15.2 Å². The smallest absolute Gasteiger partial charge is 0.407 e. The van der Waals surface area contributed by atoms with Crippen molar-refractivity contribution in [3.8, 4) is 5.75 Å². The molecule has 0 aliphatic rings. The van der Waals surface area contributed by atoms with Crippen LogP contribution in [-0.4, -0.2) is 30.9 Å². The molecule has 1 aromatic carbocycles. The molecule has 130 valence electrons. The highest BCUT2D eigenvalue weighted by Gasteiger charge is 2.15. The topological polar surface area (TPSA) is 85.6 Å². The number of benzene rings is 1. The third-order valence-corrected chi connectivity index (χ3v) is 2.73. The number of hydrogen-bond donors (Lipinski definition) is 3. The summed E-state index contributed by atoms with van der Waals surface area (Å²) in [6.45, 7) is 10.7. The average molecular weight is 323 g/mol. The summed E-state index contributed by atoms with van der Waals surface area (Å²) in [7, 11) is 0. The first-order chi connectivity index (χ1) is 10.7. The van der Waals surface area contributed by atoms with Crippen molar-refractivity contribution in [3.63, 3.8) is 0 Å². The molecule has 0 aliphatic heterocycles. The SMILES string of the molecule is CC(C)Oc1cc(NCCCNC(=O)OC(C)(C)C)ccc1N. The van der Waals surface area contributed by atoms with Crippen LogP contribution in [0.4, 0.5) is 16.2 Å². The van der Waals surface area contributed by atoms with Gasteiger partial charge in [-0.25, -0.2) is 4.79 Å². The third kappa shape index (κ3) is 8.18. The molecule has 0 aliphatic carbocycles. The summed E-state index contributed by atoms with van der Waals surface area (Å²) >= 11 is 0. The number of carbonyl (C=O) groups is 1. The number of carbonyl (C=O) groups excluding carboxylic acids is 1. The van der Waals surface area contributed by atoms with Crippen molar-refractivity contribution in [2.45, 2.75) is 52.7 Å². The van der Waals surface area contributed by atoms with Gasteiger partial charge in [-0.1, -0.05) is 0 Å². The van der Waals surface area contributed by atoms with Gasteiger partial charge in [-0.3, -0.25) is 0 Å². The average Bonchev–Trinajstić information content (AvgIpc) is 2.39. The Morgan fingerprint density at radius 1 is 1.26 bits per heavy atom. The van der Waals surface area contributed by atoms with Gasteiger partial charge >= 0.3 is 6.09 Å². The van der Waals surface area contributed by atoms with Crippen molar-refractivity contribution in [2.75, 3.05) is 24.1 Å². The van der Waals surface area contributed by atoms with Crippen molar-refractivity contribution < 1.29 is 14.3 Å². The van der Waals surface area contributed by atoms with Crippen LogP contribution in [0.15, 0.2) is 18.2 Å². The van der Waals surface area contributed by atoms with E-state index in [-0.39, 0.29) is 6.10 Å². The lowest BCUT2D eigenvalue weighted by atomic mass is 10.2. The molecule has 23 heavy (non-hydrogen) atoms. The van der Waals surface area contributed by atoms with Gasteiger partial charge in [0, 0.05) is 24.8 Å². The molecular formula is C17H29N3O3. The molecule has 0 radical (unpaired) electrons. The van der Waals surface area contributed by atoms with Gasteiger partial charge in [0.05, 0.1) is 11.8 Å². The van der Waals surface area contributed by atoms with Gasteiger partial charge < -0.3 is 25.8 Å². The van der Waals surface area contributed by atoms with Crippen LogP contribution in [0.5, 0.6) is 5.75 Å². The Hall–Kier alpha value is -2.11. The molecule has 6 nitrogen and oxygen atoms in total. The third-order valence-electron chi connectivity index (χ3n) is 2.73. The van der Waals surface area contributed by atoms with Crippen LogP contribution in [0.3, 0.4) is 0 Å². The molecule has 0 unspecified atom stereocenters. The Morgan fingerprint density at radius 3 is 2.57 bits per heavy atom. The Bertz CT molecular complexity index is 510. The lowest BCUT2D eigenvalue weighted by molar-refractivity contribution is 0.0528. The highest BCUT2D eigenvalue weighted by atomic mass is 16.6. The van der Waals surface area contributed by atoms with Crippen molar-refractivity contribution in [2.24, 2.45) is 0 Å². The molecule has 0 spiro atoms. The van der Waals surface area contributed by atoms with Crippen LogP contribution < -0.4 is 21.1 Å². The van der Waals surface area contributed by atoms with Crippen LogP contribution in [0, 0.1) is 0 Å². The minimum Gasteiger partial charge on any atom is -0.489 e. The first-order valence-corrected chi connectivity index (χ1v) is 7.94. The number of nitrogens with one attached hydrogen (secondary N) is 2. The van der Waals surface area contributed by atoms with E-state index in [1.54, 1.807) is 0 Å². The summed E-state index contributed by atoms with van der Waals surface area (Å²) in [5, 5.41) is 6.01. The molecule has 0 heterocycles. The molecule has 0 saturated heterocycles. The number of anilines is 2. The molecule has 1 amide bonds. The molecule has 0 saturated carbocycles. The van der Waals surface area contributed by atoms with E-state index in [1.165, 1.54) is 0 Å². The lowest BCUT2D eigenvalue weighted by Crippen LogP contribution is -2.33. The summed E-state index contributed by atoms with van der Waals surface area (Å²) in [5.41, 5.74) is 6.97. The monoisotopic (exact) mass is 323 g/mol. The van der Waals surface area contributed by atoms with Gasteiger partial charge in [-0.05, 0) is 53.2 Å². The minimum absolute atomic E-state index is 0.0746. The molecule has 6 heteroatoms. The van der Waals surface area contributed by atoms with Crippen LogP contribution in [0.25, 0.3) is 0 Å². The summed E-state index contributed by atoms with van der Waals surface area (Å²) in [6.07, 6.45) is 0.465. The fraction of sp³-hybridized carbons (Fsp3) is 0.588. The summed E-state index contributed by atoms with van der Waals surface area (Å²) in [5.74, 6) is 0.678. The Labute approximate surface area is 138 Å². The number of rotatable bonds is 7. The summed E-state index contributed by atoms with van der Waals surface area (Å²) in [6, 6.07) is 5.61. The molecule has 0 atom stereocenters. The van der Waals surface area contributed by atoms with Crippen molar-refractivity contribution in [1.82, 2.24) is 5.32 Å². The van der Waals surface area contributed by atoms with E-state index in [9.17, 15) is 4.79 Å². The molecule has 1 aromatic rings. The zero-order chi connectivity index (χ0) is 17.5. The standard InChI is InChI=1S/C17H29N3O3/c1-12(2)22-15-11-13(7-8-14(15)18)19-9-6-10-20-16(21)23-17(3,4)5/h7-8,11-12,19H,6,9-10,18H2,1-5H3,(H,20,21). The molecule has 4 N–H and O–H groups in total. The first-order valence-electron chi connectivity index (χ1n) is 7.94. The Morgan fingerprint density at radius 2 is 1.96 bits per heavy atom. The predicted octanol–water partition coefficient (Wildman–Crippen LogP) is 3.38. The summed E-state index contributed by atoms with van der Waals surface area (Å²) < 4.78 is 10.8. The first kappa shape index (κ1) is 18.9. The normalized spacial score (nSPS) is 11.2. The maximum absolute atomic E-state index is 11.5. The number of alkyl carbamates (subject to hydrolysis) is 1. The number of amides is 1. The van der Waals surface area contributed by atoms with Crippen molar-refractivity contribution in [3.05, 3.63) is 18.2 Å². The largest absolute Gasteiger partial charge is 0.489 e. The van der Waals surface area contributed by atoms with Crippen LogP contribution in [0.1, 0.15) is 41.0 Å². The van der Waals surface area contributed by atoms with Crippen LogP contribution >= 0.6 is 0 Å². The highest BCUT2D eigenvalue weighted by molar-refractivity contribution is 5.67. The van der Waals surface area contributed by atoms with Crippen LogP contribution in [0.2, 0.25) is 0 Å². The quantitative estimate of drug-likeness (QED) is 0.529. The van der Waals surface area contributed by atoms with E-state index >= 15 is 0 Å². The predicted molar refractivity (Wildman–Crippen MR) is 94.0 cm³/mol. The van der Waals surface area contributed by atoms with Gasteiger partial charge in [0.25, 0.3) is 0 Å². The van der Waals surface area contributed by atoms with Gasteiger partial charge in [-0.2, -0.15) is 0 Å². The zero-order valence-corrected chi connectivity index (χ0v) is 14.7. The van der Waals surface area contributed by atoms with E-state index in [0.717, 1.165) is 18.7 Å². The van der Waals surface area contributed by atoms with E-state index in [1.807, 2.05) is 52.8 Å². The van der Waals surface area contributed by atoms with Crippen molar-refractivity contribution >= 4 is 17.5 Å². The van der Waals surface area contributed by atoms with Crippen LogP contribution in [-0.2, 0) is 4.74 Å². The fourth-order valence-electron chi connectivity index (χ4n) is 1.83. The Balaban J connectivity index is 2.32. The molecular weight excluding hydrogens is 294 g/mol. The highest BCUT2D eigenvalue weighted by Crippen LogP contribution is 2.26. The number of nitrogen functional groups attached to an aromatic ring is 1. The van der Waals surface area contributed by atoms with E-state index < -0.39 is 11.7 Å². The Kier molecular flexibility index (Phi) is 7.00. The zero-order valence-electron chi connectivity index (χ0n) is 14.7. The number of nitrogens with two attached hydrogens (primary N) is 1. The van der Waals surface area contributed by atoms with E-state index in [0.29, 0.717) is 18.0 Å². The molecule has 1 rings (SSSR count). The fourth-order valence-corrected chi connectivity index (χ4v) is 1.83. The maximum Gasteiger partial charge on any atom is 0.407 e. The summed E-state index contributed by atoms with van der Waals surface area (Å²) in [4.78, 5) is 11.5. The number of ether oxygens (including phenoxy) is 2. The lowest BCUT2D eigenvalue weighted by Gasteiger charge is -2.19. The van der Waals surface area contributed by atoms with Gasteiger partial charge in [0.2, 0.25) is 0 Å². The molecule has 0 bridgehead atoms. The van der Waals surface area contributed by atoms with E-state index in [2.05, 4.69) is 10.6 Å². The molecule has 0 aromatic heterocycles. The minimum atomic E-state index is -0.473. The van der Waals surface area contributed by atoms with Gasteiger partial charge in [0.15, 0.2) is 0 Å². The van der Waals surface area contributed by atoms with Gasteiger partial charge in [0.1, 0.15) is 11.4 Å². The number of hydrogen-bond acceptors (Lipinski definition) is 5. The second-order valence-corrected chi connectivity index (χ2v) is 6.63. The second kappa shape index (κ2) is 8.50.